The van der Waals surface area contributed by atoms with E-state index >= 15 is 0 Å². The van der Waals surface area contributed by atoms with Gasteiger partial charge in [0, 0.05) is 10.9 Å². The van der Waals surface area contributed by atoms with Gasteiger partial charge in [0.15, 0.2) is 5.78 Å². The second kappa shape index (κ2) is 6.00. The molecule has 0 saturated heterocycles. The van der Waals surface area contributed by atoms with E-state index in [9.17, 15) is 9.59 Å². The fourth-order valence-corrected chi connectivity index (χ4v) is 2.05. The highest BCUT2D eigenvalue weighted by Gasteiger charge is 2.23. The van der Waals surface area contributed by atoms with E-state index in [-0.39, 0.29) is 5.78 Å². The van der Waals surface area contributed by atoms with Gasteiger partial charge in [-0.25, -0.2) is 4.79 Å². The zero-order valence-electron chi connectivity index (χ0n) is 11.1. The maximum Gasteiger partial charge on any atom is 0.408 e. The van der Waals surface area contributed by atoms with Crippen LogP contribution in [0.3, 0.4) is 0 Å². The Labute approximate surface area is 111 Å². The lowest BCUT2D eigenvalue weighted by atomic mass is 10.1. The van der Waals surface area contributed by atoms with Crippen molar-refractivity contribution in [1.82, 2.24) is 5.32 Å². The highest BCUT2D eigenvalue weighted by molar-refractivity contribution is 7.08. The van der Waals surface area contributed by atoms with Crippen LogP contribution in [0, 0.1) is 0 Å². The number of hydrogen-bond acceptors (Lipinski definition) is 4. The first-order valence-electron chi connectivity index (χ1n) is 5.89. The van der Waals surface area contributed by atoms with Crippen LogP contribution in [0.5, 0.6) is 0 Å². The molecule has 0 spiro atoms. The summed E-state index contributed by atoms with van der Waals surface area (Å²) in [6.07, 6.45) is -0.0218. The van der Waals surface area contributed by atoms with Crippen LogP contribution in [0.2, 0.25) is 0 Å². The van der Waals surface area contributed by atoms with Crippen molar-refractivity contribution in [3.05, 3.63) is 22.4 Å². The highest BCUT2D eigenvalue weighted by Crippen LogP contribution is 2.12. The zero-order valence-corrected chi connectivity index (χ0v) is 12.0. The summed E-state index contributed by atoms with van der Waals surface area (Å²) in [5.74, 6) is -0.0791. The number of carbonyl (C=O) groups is 2. The van der Waals surface area contributed by atoms with Gasteiger partial charge in [0.25, 0.3) is 0 Å². The largest absolute Gasteiger partial charge is 0.444 e. The standard InChI is InChI=1S/C13H19NO3S/c1-5-10(11(15)9-6-7-18-8-9)14-12(16)17-13(2,3)4/h6-8,10H,5H2,1-4H3,(H,14,16). The summed E-state index contributed by atoms with van der Waals surface area (Å²) >= 11 is 1.46. The fraction of sp³-hybridized carbons (Fsp3) is 0.538. The molecule has 0 aliphatic heterocycles. The lowest BCUT2D eigenvalue weighted by Crippen LogP contribution is -2.43. The van der Waals surface area contributed by atoms with Gasteiger partial charge >= 0.3 is 6.09 Å². The molecular formula is C13H19NO3S. The molecule has 0 fully saturated rings. The normalized spacial score (nSPS) is 12.9. The Morgan fingerprint density at radius 2 is 2.11 bits per heavy atom. The van der Waals surface area contributed by atoms with E-state index in [0.717, 1.165) is 0 Å². The number of Topliss-reactive ketones (excluding diaryl/α,β-unsaturated/α-hetero) is 1. The Bertz CT molecular complexity index is 406. The maximum absolute atomic E-state index is 12.1. The van der Waals surface area contributed by atoms with Crippen LogP contribution in [0.1, 0.15) is 44.5 Å². The third-order valence-corrected chi connectivity index (χ3v) is 2.90. The van der Waals surface area contributed by atoms with E-state index in [1.165, 1.54) is 11.3 Å². The number of alkyl carbamates (subject to hydrolysis) is 1. The second-order valence-electron chi connectivity index (χ2n) is 4.98. The number of carbonyl (C=O) groups excluding carboxylic acids is 2. The third-order valence-electron chi connectivity index (χ3n) is 2.22. The molecule has 0 aliphatic carbocycles. The van der Waals surface area contributed by atoms with E-state index in [4.69, 9.17) is 4.74 Å². The minimum atomic E-state index is -0.562. The van der Waals surface area contributed by atoms with Crippen molar-refractivity contribution in [3.63, 3.8) is 0 Å². The molecule has 1 atom stereocenters. The molecule has 1 rings (SSSR count). The van der Waals surface area contributed by atoms with Gasteiger partial charge < -0.3 is 10.1 Å². The van der Waals surface area contributed by atoms with Crippen molar-refractivity contribution in [3.8, 4) is 0 Å². The molecule has 1 amide bonds. The molecule has 100 valence electrons. The summed E-state index contributed by atoms with van der Waals surface area (Å²) in [4.78, 5) is 23.7. The molecule has 0 radical (unpaired) electrons. The van der Waals surface area contributed by atoms with Gasteiger partial charge in [-0.3, -0.25) is 4.79 Å². The Hall–Kier alpha value is -1.36. The van der Waals surface area contributed by atoms with Gasteiger partial charge in [-0.2, -0.15) is 11.3 Å². The summed E-state index contributed by atoms with van der Waals surface area (Å²) in [5, 5.41) is 6.23. The Balaban J connectivity index is 2.63. The SMILES string of the molecule is CCC(NC(=O)OC(C)(C)C)C(=O)c1ccsc1. The van der Waals surface area contributed by atoms with Crippen LogP contribution in [0.25, 0.3) is 0 Å². The second-order valence-corrected chi connectivity index (χ2v) is 5.76. The van der Waals surface area contributed by atoms with Crippen LogP contribution in [0.15, 0.2) is 16.8 Å². The number of nitrogens with one attached hydrogen (secondary N) is 1. The van der Waals surface area contributed by atoms with Crippen molar-refractivity contribution in [2.75, 3.05) is 0 Å². The van der Waals surface area contributed by atoms with Gasteiger partial charge in [-0.15, -0.1) is 0 Å². The quantitative estimate of drug-likeness (QED) is 0.854. The molecule has 5 heteroatoms. The van der Waals surface area contributed by atoms with Crippen LogP contribution < -0.4 is 5.32 Å². The topological polar surface area (TPSA) is 55.4 Å². The van der Waals surface area contributed by atoms with E-state index < -0.39 is 17.7 Å². The molecule has 1 heterocycles. The molecule has 1 aromatic rings. The molecule has 1 unspecified atom stereocenters. The zero-order chi connectivity index (χ0) is 13.8. The number of amides is 1. The average Bonchev–Trinajstić information content (AvgIpc) is 2.75. The first-order valence-corrected chi connectivity index (χ1v) is 6.83. The number of thiophene rings is 1. The minimum absolute atomic E-state index is 0.0791. The van der Waals surface area contributed by atoms with Gasteiger partial charge in [-0.05, 0) is 38.6 Å². The summed E-state index contributed by atoms with van der Waals surface area (Å²) in [6, 6.07) is 1.22. The fourth-order valence-electron chi connectivity index (χ4n) is 1.41. The third kappa shape index (κ3) is 4.49. The predicted molar refractivity (Wildman–Crippen MR) is 72.1 cm³/mol. The van der Waals surface area contributed by atoms with Gasteiger partial charge in [0.1, 0.15) is 5.60 Å². The molecule has 0 aromatic carbocycles. The van der Waals surface area contributed by atoms with E-state index in [0.29, 0.717) is 12.0 Å². The molecule has 0 aliphatic rings. The number of rotatable bonds is 4. The van der Waals surface area contributed by atoms with E-state index in [1.807, 2.05) is 12.3 Å². The minimum Gasteiger partial charge on any atom is -0.444 e. The van der Waals surface area contributed by atoms with Gasteiger partial charge in [-0.1, -0.05) is 6.92 Å². The molecule has 1 N–H and O–H groups in total. The molecule has 0 bridgehead atoms. The van der Waals surface area contributed by atoms with Crippen molar-refractivity contribution in [2.24, 2.45) is 0 Å². The van der Waals surface area contributed by atoms with Crippen LogP contribution in [-0.2, 0) is 4.74 Å². The Morgan fingerprint density at radius 1 is 1.44 bits per heavy atom. The molecular weight excluding hydrogens is 250 g/mol. The first-order chi connectivity index (χ1) is 8.33. The smallest absolute Gasteiger partial charge is 0.408 e. The first kappa shape index (κ1) is 14.7. The van der Waals surface area contributed by atoms with Crippen molar-refractivity contribution < 1.29 is 14.3 Å². The summed E-state index contributed by atoms with van der Waals surface area (Å²) < 4.78 is 5.14. The maximum atomic E-state index is 12.1. The predicted octanol–water partition coefficient (Wildman–Crippen LogP) is 3.23. The highest BCUT2D eigenvalue weighted by atomic mass is 32.1. The lowest BCUT2D eigenvalue weighted by molar-refractivity contribution is 0.0490. The van der Waals surface area contributed by atoms with Crippen LogP contribution in [0.4, 0.5) is 4.79 Å². The molecule has 1 aromatic heterocycles. The summed E-state index contributed by atoms with van der Waals surface area (Å²) in [6.45, 7) is 7.21. The van der Waals surface area contributed by atoms with Gasteiger partial charge in [0.05, 0.1) is 6.04 Å². The average molecular weight is 269 g/mol. The monoisotopic (exact) mass is 269 g/mol. The molecule has 18 heavy (non-hydrogen) atoms. The Kier molecular flexibility index (Phi) is 4.90. The summed E-state index contributed by atoms with van der Waals surface area (Å²) in [5.41, 5.74) is 0.0660. The number of ketones is 1. The van der Waals surface area contributed by atoms with E-state index in [2.05, 4.69) is 5.32 Å². The lowest BCUT2D eigenvalue weighted by Gasteiger charge is -2.22. The van der Waals surface area contributed by atoms with E-state index in [1.54, 1.807) is 32.2 Å². The van der Waals surface area contributed by atoms with Crippen molar-refractivity contribution >= 4 is 23.2 Å². The van der Waals surface area contributed by atoms with Crippen LogP contribution >= 0.6 is 11.3 Å². The number of ether oxygens (including phenoxy) is 1. The van der Waals surface area contributed by atoms with Gasteiger partial charge in [0.2, 0.25) is 0 Å². The Morgan fingerprint density at radius 3 is 2.56 bits per heavy atom. The number of hydrogen-bond donors (Lipinski definition) is 1. The van der Waals surface area contributed by atoms with Crippen molar-refractivity contribution in [1.29, 1.82) is 0 Å². The van der Waals surface area contributed by atoms with Crippen molar-refractivity contribution in [2.45, 2.75) is 45.8 Å². The molecule has 0 saturated carbocycles. The summed E-state index contributed by atoms with van der Waals surface area (Å²) in [7, 11) is 0. The molecule has 4 nitrogen and oxygen atoms in total. The van der Waals surface area contributed by atoms with Crippen LogP contribution in [-0.4, -0.2) is 23.5 Å².